The zero-order valence-electron chi connectivity index (χ0n) is 11.1. The van der Waals surface area contributed by atoms with Gasteiger partial charge in [0.2, 0.25) is 0 Å². The molecule has 2 fully saturated rings. The van der Waals surface area contributed by atoms with E-state index in [1.165, 1.54) is 32.1 Å². The monoisotopic (exact) mass is 260 g/mol. The summed E-state index contributed by atoms with van der Waals surface area (Å²) in [6.07, 6.45) is 8.62. The molecule has 1 aromatic rings. The zero-order chi connectivity index (χ0) is 13.1. The van der Waals surface area contributed by atoms with Crippen LogP contribution in [0, 0.1) is 0 Å². The van der Waals surface area contributed by atoms with Gasteiger partial charge in [0.1, 0.15) is 18.0 Å². The van der Waals surface area contributed by atoms with Crippen LogP contribution in [0.15, 0.2) is 12.4 Å². The molecule has 0 atom stereocenters. The van der Waals surface area contributed by atoms with E-state index in [2.05, 4.69) is 15.3 Å². The van der Waals surface area contributed by atoms with E-state index in [-0.39, 0.29) is 0 Å². The van der Waals surface area contributed by atoms with Crippen molar-refractivity contribution in [3.05, 3.63) is 12.4 Å². The summed E-state index contributed by atoms with van der Waals surface area (Å²) in [4.78, 5) is 21.9. The molecule has 0 spiro atoms. The van der Waals surface area contributed by atoms with Crippen LogP contribution in [0.5, 0.6) is 0 Å². The predicted molar refractivity (Wildman–Crippen MR) is 74.4 cm³/mol. The van der Waals surface area contributed by atoms with Gasteiger partial charge in [-0.1, -0.05) is 19.3 Å². The normalized spacial score (nSPS) is 20.8. The van der Waals surface area contributed by atoms with Gasteiger partial charge in [0, 0.05) is 25.1 Å². The molecule has 0 aromatic carbocycles. The van der Waals surface area contributed by atoms with Crippen LogP contribution in [-0.2, 0) is 4.79 Å². The molecule has 1 aliphatic heterocycles. The lowest BCUT2D eigenvalue weighted by Crippen LogP contribution is -2.24. The molecule has 102 valence electrons. The maximum atomic E-state index is 11.3. The Hall–Kier alpha value is -1.65. The highest BCUT2D eigenvalue weighted by atomic mass is 16.1. The number of rotatable bonds is 3. The largest absolute Gasteiger partial charge is 0.367 e. The lowest BCUT2D eigenvalue weighted by Gasteiger charge is -2.24. The number of anilines is 2. The number of hydrogen-bond donors (Lipinski definition) is 1. The van der Waals surface area contributed by atoms with Gasteiger partial charge in [-0.2, -0.15) is 0 Å². The van der Waals surface area contributed by atoms with E-state index < -0.39 is 0 Å². The van der Waals surface area contributed by atoms with Crippen LogP contribution in [0.25, 0.3) is 0 Å². The summed E-state index contributed by atoms with van der Waals surface area (Å²) in [5.74, 6) is 2.04. The molecule has 3 rings (SSSR count). The summed E-state index contributed by atoms with van der Waals surface area (Å²) >= 11 is 0. The van der Waals surface area contributed by atoms with E-state index in [0.717, 1.165) is 18.2 Å². The van der Waals surface area contributed by atoms with Gasteiger partial charge >= 0.3 is 0 Å². The fraction of sp³-hybridized carbons (Fsp3) is 0.643. The molecule has 5 heteroatoms. The number of nitrogens with one attached hydrogen (secondary N) is 1. The van der Waals surface area contributed by atoms with Gasteiger partial charge in [-0.15, -0.1) is 0 Å². The number of carbonyl (C=O) groups excluding carboxylic acids is 1. The van der Waals surface area contributed by atoms with E-state index in [4.69, 9.17) is 0 Å². The first-order chi connectivity index (χ1) is 9.31. The second kappa shape index (κ2) is 5.55. The third kappa shape index (κ3) is 3.03. The van der Waals surface area contributed by atoms with Gasteiger partial charge in [-0.3, -0.25) is 4.79 Å². The Kier molecular flexibility index (Phi) is 3.62. The summed E-state index contributed by atoms with van der Waals surface area (Å²) in [6.45, 7) is 1.26. The number of Topliss-reactive ketones (excluding diaryl/α,β-unsaturated/α-hetero) is 1. The molecule has 5 nitrogen and oxygen atoms in total. The maximum absolute atomic E-state index is 11.3. The second-order valence-corrected chi connectivity index (χ2v) is 5.45. The Morgan fingerprint density at radius 3 is 2.79 bits per heavy atom. The van der Waals surface area contributed by atoms with Crippen molar-refractivity contribution < 1.29 is 4.79 Å². The fourth-order valence-corrected chi connectivity index (χ4v) is 2.88. The lowest BCUT2D eigenvalue weighted by molar-refractivity contribution is -0.116. The van der Waals surface area contributed by atoms with Gasteiger partial charge in [0.25, 0.3) is 0 Å². The fourth-order valence-electron chi connectivity index (χ4n) is 2.88. The standard InChI is InChI=1S/C14H20N4O/c19-12-6-7-18(9-12)14-8-13(15-10-16-14)17-11-4-2-1-3-5-11/h8,10-11H,1-7,9H2,(H,15,16,17). The molecular formula is C14H20N4O. The number of aromatic nitrogens is 2. The van der Waals surface area contributed by atoms with Crippen molar-refractivity contribution >= 4 is 17.4 Å². The minimum atomic E-state index is 0.292. The Morgan fingerprint density at radius 1 is 1.21 bits per heavy atom. The van der Waals surface area contributed by atoms with Gasteiger partial charge < -0.3 is 10.2 Å². The minimum absolute atomic E-state index is 0.292. The van der Waals surface area contributed by atoms with Gasteiger partial charge in [0.15, 0.2) is 5.78 Å². The van der Waals surface area contributed by atoms with Crippen LogP contribution in [0.1, 0.15) is 38.5 Å². The van der Waals surface area contributed by atoms with E-state index in [1.54, 1.807) is 6.33 Å². The predicted octanol–water partition coefficient (Wildman–Crippen LogP) is 2.00. The summed E-state index contributed by atoms with van der Waals surface area (Å²) in [7, 11) is 0. The van der Waals surface area contributed by atoms with Gasteiger partial charge in [-0.25, -0.2) is 9.97 Å². The van der Waals surface area contributed by atoms with E-state index in [9.17, 15) is 4.79 Å². The minimum Gasteiger partial charge on any atom is -0.367 e. The van der Waals surface area contributed by atoms with Crippen LogP contribution < -0.4 is 10.2 Å². The third-order valence-corrected chi connectivity index (χ3v) is 3.96. The molecule has 19 heavy (non-hydrogen) atoms. The first kappa shape index (κ1) is 12.4. The zero-order valence-corrected chi connectivity index (χ0v) is 11.1. The van der Waals surface area contributed by atoms with Gasteiger partial charge in [0.05, 0.1) is 6.54 Å². The van der Waals surface area contributed by atoms with Crippen molar-refractivity contribution in [1.29, 1.82) is 0 Å². The van der Waals surface area contributed by atoms with Crippen molar-refractivity contribution in [2.24, 2.45) is 0 Å². The Bertz CT molecular complexity index is 457. The highest BCUT2D eigenvalue weighted by molar-refractivity contribution is 5.86. The second-order valence-electron chi connectivity index (χ2n) is 5.45. The van der Waals surface area contributed by atoms with Crippen LogP contribution in [-0.4, -0.2) is 34.9 Å². The van der Waals surface area contributed by atoms with Gasteiger partial charge in [-0.05, 0) is 12.8 Å². The number of nitrogens with zero attached hydrogens (tertiary/aromatic N) is 3. The van der Waals surface area contributed by atoms with E-state index >= 15 is 0 Å². The summed E-state index contributed by atoms with van der Waals surface area (Å²) < 4.78 is 0. The molecular weight excluding hydrogens is 240 g/mol. The molecule has 1 saturated heterocycles. The number of hydrogen-bond acceptors (Lipinski definition) is 5. The first-order valence-corrected chi connectivity index (χ1v) is 7.16. The van der Waals surface area contributed by atoms with Crippen LogP contribution in [0.3, 0.4) is 0 Å². The molecule has 2 heterocycles. The molecule has 0 radical (unpaired) electrons. The van der Waals surface area contributed by atoms with Crippen molar-refractivity contribution in [1.82, 2.24) is 9.97 Å². The molecule has 1 saturated carbocycles. The SMILES string of the molecule is O=C1CCN(c2cc(NC3CCCCC3)ncn2)C1. The average molecular weight is 260 g/mol. The topological polar surface area (TPSA) is 58.1 Å². The maximum Gasteiger partial charge on any atom is 0.153 e. The Morgan fingerprint density at radius 2 is 2.05 bits per heavy atom. The van der Waals surface area contributed by atoms with Crippen molar-refractivity contribution in [3.63, 3.8) is 0 Å². The molecule has 2 aliphatic rings. The van der Waals surface area contributed by atoms with E-state index in [0.29, 0.717) is 24.8 Å². The Balaban J connectivity index is 1.67. The first-order valence-electron chi connectivity index (χ1n) is 7.16. The summed E-state index contributed by atoms with van der Waals surface area (Å²) in [5.41, 5.74) is 0. The summed E-state index contributed by atoms with van der Waals surface area (Å²) in [5, 5.41) is 3.49. The van der Waals surface area contributed by atoms with Crippen LogP contribution in [0.4, 0.5) is 11.6 Å². The average Bonchev–Trinajstić information content (AvgIpc) is 2.87. The molecule has 0 amide bonds. The molecule has 0 unspecified atom stereocenters. The number of ketones is 1. The number of carbonyl (C=O) groups is 1. The van der Waals surface area contributed by atoms with Crippen LogP contribution >= 0.6 is 0 Å². The molecule has 1 N–H and O–H groups in total. The van der Waals surface area contributed by atoms with Crippen molar-refractivity contribution in [2.75, 3.05) is 23.3 Å². The third-order valence-electron chi connectivity index (χ3n) is 3.96. The molecule has 0 bridgehead atoms. The van der Waals surface area contributed by atoms with Crippen LogP contribution in [0.2, 0.25) is 0 Å². The quantitative estimate of drug-likeness (QED) is 0.900. The lowest BCUT2D eigenvalue weighted by atomic mass is 9.95. The van der Waals surface area contributed by atoms with E-state index in [1.807, 2.05) is 11.0 Å². The molecule has 1 aromatic heterocycles. The Labute approximate surface area is 113 Å². The van der Waals surface area contributed by atoms with Crippen molar-refractivity contribution in [2.45, 2.75) is 44.6 Å². The van der Waals surface area contributed by atoms with Crippen molar-refractivity contribution in [3.8, 4) is 0 Å². The smallest absolute Gasteiger partial charge is 0.153 e. The molecule has 1 aliphatic carbocycles. The highest BCUT2D eigenvalue weighted by Gasteiger charge is 2.21. The highest BCUT2D eigenvalue weighted by Crippen LogP contribution is 2.23. The summed E-state index contributed by atoms with van der Waals surface area (Å²) in [6, 6.07) is 2.50.